The summed E-state index contributed by atoms with van der Waals surface area (Å²) in [6, 6.07) is 1.12. The molecule has 1 rings (SSSR count). The van der Waals surface area contributed by atoms with Gasteiger partial charge in [0, 0.05) is 57.8 Å². The SMILES string of the molecule is CCNC(=NCCCN(C(C)C)C(C)C)NCCC(=O)N1CCCC1.I. The maximum Gasteiger partial charge on any atom is 0.224 e. The molecule has 0 aliphatic carbocycles. The lowest BCUT2D eigenvalue weighted by Gasteiger charge is -2.30. The van der Waals surface area contributed by atoms with Crippen LogP contribution < -0.4 is 10.6 Å². The average molecular weight is 481 g/mol. The summed E-state index contributed by atoms with van der Waals surface area (Å²) in [5.74, 6) is 1.07. The second-order valence-corrected chi connectivity index (χ2v) is 7.30. The first-order chi connectivity index (χ1) is 12.0. The smallest absolute Gasteiger partial charge is 0.224 e. The fourth-order valence-corrected chi connectivity index (χ4v) is 3.31. The van der Waals surface area contributed by atoms with Gasteiger partial charge in [-0.25, -0.2) is 0 Å². The van der Waals surface area contributed by atoms with Gasteiger partial charge in [0.05, 0.1) is 0 Å². The number of carbonyl (C=O) groups is 1. The predicted molar refractivity (Wildman–Crippen MR) is 121 cm³/mol. The van der Waals surface area contributed by atoms with Gasteiger partial charge in [-0.3, -0.25) is 14.7 Å². The number of nitrogens with zero attached hydrogens (tertiary/aromatic N) is 3. The maximum atomic E-state index is 12.1. The Bertz CT molecular complexity index is 401. The van der Waals surface area contributed by atoms with E-state index < -0.39 is 0 Å². The van der Waals surface area contributed by atoms with Gasteiger partial charge in [0.2, 0.25) is 5.91 Å². The van der Waals surface area contributed by atoms with E-state index in [0.29, 0.717) is 25.0 Å². The Hall–Kier alpha value is -0.570. The van der Waals surface area contributed by atoms with Crippen LogP contribution in [0.2, 0.25) is 0 Å². The van der Waals surface area contributed by atoms with E-state index in [4.69, 9.17) is 0 Å². The van der Waals surface area contributed by atoms with Gasteiger partial charge in [-0.1, -0.05) is 0 Å². The van der Waals surface area contributed by atoms with Crippen LogP contribution in [0.3, 0.4) is 0 Å². The largest absolute Gasteiger partial charge is 0.357 e. The van der Waals surface area contributed by atoms with E-state index in [1.807, 2.05) is 4.90 Å². The summed E-state index contributed by atoms with van der Waals surface area (Å²) in [6.07, 6.45) is 3.87. The number of hydrogen-bond acceptors (Lipinski definition) is 3. The fourth-order valence-electron chi connectivity index (χ4n) is 3.31. The highest BCUT2D eigenvalue weighted by molar-refractivity contribution is 14.0. The highest BCUT2D eigenvalue weighted by Crippen LogP contribution is 2.08. The minimum absolute atomic E-state index is 0. The van der Waals surface area contributed by atoms with Gasteiger partial charge < -0.3 is 15.5 Å². The molecule has 0 bridgehead atoms. The molecule has 6 nitrogen and oxygen atoms in total. The maximum absolute atomic E-state index is 12.1. The van der Waals surface area contributed by atoms with Crippen LogP contribution >= 0.6 is 24.0 Å². The summed E-state index contributed by atoms with van der Waals surface area (Å²) in [5, 5.41) is 6.55. The third-order valence-corrected chi connectivity index (χ3v) is 4.61. The van der Waals surface area contributed by atoms with Crippen LogP contribution in [0.4, 0.5) is 0 Å². The van der Waals surface area contributed by atoms with Crippen LogP contribution in [0.15, 0.2) is 4.99 Å². The molecule has 0 radical (unpaired) electrons. The van der Waals surface area contributed by atoms with Crippen LogP contribution in [0.1, 0.15) is 60.3 Å². The lowest BCUT2D eigenvalue weighted by Crippen LogP contribution is -2.40. The lowest BCUT2D eigenvalue weighted by molar-refractivity contribution is -0.129. The van der Waals surface area contributed by atoms with Crippen molar-refractivity contribution in [3.05, 3.63) is 0 Å². The monoisotopic (exact) mass is 481 g/mol. The molecular weight excluding hydrogens is 441 g/mol. The van der Waals surface area contributed by atoms with E-state index in [2.05, 4.69) is 55.1 Å². The Morgan fingerprint density at radius 3 is 2.27 bits per heavy atom. The van der Waals surface area contributed by atoms with Crippen molar-refractivity contribution in [1.82, 2.24) is 20.4 Å². The number of likely N-dealkylation sites (tertiary alicyclic amines) is 1. The molecule has 1 aliphatic rings. The normalized spacial score (nSPS) is 14.9. The number of amides is 1. The molecule has 2 N–H and O–H groups in total. The van der Waals surface area contributed by atoms with Gasteiger partial charge in [0.1, 0.15) is 0 Å². The molecule has 0 unspecified atom stereocenters. The van der Waals surface area contributed by atoms with Crippen molar-refractivity contribution in [2.75, 3.05) is 39.3 Å². The average Bonchev–Trinajstić information content (AvgIpc) is 3.08. The van der Waals surface area contributed by atoms with E-state index in [0.717, 1.165) is 57.9 Å². The molecule has 7 heteroatoms. The molecule has 1 aliphatic heterocycles. The molecule has 0 saturated carbocycles. The Balaban J connectivity index is 0.00000625. The molecule has 0 aromatic rings. The summed E-state index contributed by atoms with van der Waals surface area (Å²) < 4.78 is 0. The van der Waals surface area contributed by atoms with Gasteiger partial charge in [-0.05, 0) is 53.9 Å². The standard InChI is InChI=1S/C19H39N5O.HI/c1-6-20-19(21-11-9-15-24(16(2)3)17(4)5)22-12-10-18(25)23-13-7-8-14-23;/h16-17H,6-15H2,1-5H3,(H2,20,21,22);1H. The van der Waals surface area contributed by atoms with Crippen LogP contribution in [0.5, 0.6) is 0 Å². The molecular formula is C19H40IN5O. The fraction of sp³-hybridized carbons (Fsp3) is 0.895. The second kappa shape index (κ2) is 14.5. The summed E-state index contributed by atoms with van der Waals surface area (Å²) in [6.45, 7) is 16.2. The van der Waals surface area contributed by atoms with Crippen molar-refractivity contribution in [3.8, 4) is 0 Å². The van der Waals surface area contributed by atoms with E-state index in [9.17, 15) is 4.79 Å². The molecule has 0 spiro atoms. The first-order valence-electron chi connectivity index (χ1n) is 10.0. The minimum atomic E-state index is 0. The topological polar surface area (TPSA) is 60.0 Å². The van der Waals surface area contributed by atoms with Gasteiger partial charge in [0.15, 0.2) is 5.96 Å². The molecule has 1 saturated heterocycles. The van der Waals surface area contributed by atoms with Crippen molar-refractivity contribution >= 4 is 35.8 Å². The molecule has 1 fully saturated rings. The van der Waals surface area contributed by atoms with Crippen molar-refractivity contribution in [1.29, 1.82) is 0 Å². The zero-order valence-electron chi connectivity index (χ0n) is 17.4. The number of aliphatic imine (C=N–C) groups is 1. The predicted octanol–water partition coefficient (Wildman–Crippen LogP) is 2.68. The summed E-state index contributed by atoms with van der Waals surface area (Å²) in [4.78, 5) is 21.2. The Labute approximate surface area is 177 Å². The summed E-state index contributed by atoms with van der Waals surface area (Å²) >= 11 is 0. The molecule has 26 heavy (non-hydrogen) atoms. The van der Waals surface area contributed by atoms with Crippen LogP contribution in [0.25, 0.3) is 0 Å². The Morgan fingerprint density at radius 2 is 1.73 bits per heavy atom. The number of hydrogen-bond donors (Lipinski definition) is 2. The third-order valence-electron chi connectivity index (χ3n) is 4.61. The minimum Gasteiger partial charge on any atom is -0.357 e. The van der Waals surface area contributed by atoms with Crippen molar-refractivity contribution in [2.45, 2.75) is 72.4 Å². The quantitative estimate of drug-likeness (QED) is 0.218. The highest BCUT2D eigenvalue weighted by atomic mass is 127. The van der Waals surface area contributed by atoms with Crippen LogP contribution in [-0.2, 0) is 4.79 Å². The second-order valence-electron chi connectivity index (χ2n) is 7.30. The van der Waals surface area contributed by atoms with Crippen molar-refractivity contribution < 1.29 is 4.79 Å². The molecule has 154 valence electrons. The Kier molecular flexibility index (Phi) is 14.2. The Morgan fingerprint density at radius 1 is 1.12 bits per heavy atom. The van der Waals surface area contributed by atoms with Gasteiger partial charge in [-0.2, -0.15) is 0 Å². The number of nitrogens with one attached hydrogen (secondary N) is 2. The van der Waals surface area contributed by atoms with Crippen LogP contribution in [0, 0.1) is 0 Å². The first-order valence-corrected chi connectivity index (χ1v) is 10.0. The van der Waals surface area contributed by atoms with Gasteiger partial charge >= 0.3 is 0 Å². The van der Waals surface area contributed by atoms with E-state index in [1.54, 1.807) is 0 Å². The molecule has 1 heterocycles. The van der Waals surface area contributed by atoms with E-state index >= 15 is 0 Å². The van der Waals surface area contributed by atoms with Crippen LogP contribution in [-0.4, -0.2) is 73.0 Å². The lowest BCUT2D eigenvalue weighted by atomic mass is 10.2. The molecule has 0 atom stereocenters. The number of halogens is 1. The molecule has 1 amide bonds. The highest BCUT2D eigenvalue weighted by Gasteiger charge is 2.17. The summed E-state index contributed by atoms with van der Waals surface area (Å²) in [7, 11) is 0. The zero-order chi connectivity index (χ0) is 18.7. The number of guanidine groups is 1. The van der Waals surface area contributed by atoms with Gasteiger partial charge in [-0.15, -0.1) is 24.0 Å². The first kappa shape index (κ1) is 25.4. The van der Waals surface area contributed by atoms with E-state index in [1.165, 1.54) is 0 Å². The van der Waals surface area contributed by atoms with Crippen molar-refractivity contribution in [3.63, 3.8) is 0 Å². The zero-order valence-corrected chi connectivity index (χ0v) is 19.7. The molecule has 0 aromatic heterocycles. The van der Waals surface area contributed by atoms with Crippen molar-refractivity contribution in [2.24, 2.45) is 4.99 Å². The number of carbonyl (C=O) groups excluding carboxylic acids is 1. The number of rotatable bonds is 10. The van der Waals surface area contributed by atoms with E-state index in [-0.39, 0.29) is 29.9 Å². The summed E-state index contributed by atoms with van der Waals surface area (Å²) in [5.41, 5.74) is 0. The van der Waals surface area contributed by atoms with Gasteiger partial charge in [0.25, 0.3) is 0 Å². The third kappa shape index (κ3) is 9.94. The molecule has 0 aromatic carbocycles.